The van der Waals surface area contributed by atoms with Gasteiger partial charge in [-0.2, -0.15) is 4.31 Å². The van der Waals surface area contributed by atoms with Crippen molar-refractivity contribution in [1.29, 1.82) is 0 Å². The van der Waals surface area contributed by atoms with Gasteiger partial charge in [0, 0.05) is 13.1 Å². The first-order valence-electron chi connectivity index (χ1n) is 6.96. The van der Waals surface area contributed by atoms with Crippen LogP contribution in [0.2, 0.25) is 0 Å². The van der Waals surface area contributed by atoms with E-state index in [4.69, 9.17) is 9.84 Å². The molecule has 1 aliphatic heterocycles. The average Bonchev–Trinajstić information content (AvgIpc) is 2.97. The molecule has 1 aromatic rings. The maximum Gasteiger partial charge on any atom is 0.338 e. The van der Waals surface area contributed by atoms with Gasteiger partial charge in [-0.1, -0.05) is 0 Å². The van der Waals surface area contributed by atoms with Crippen molar-refractivity contribution in [3.63, 3.8) is 0 Å². The summed E-state index contributed by atoms with van der Waals surface area (Å²) in [4.78, 5) is 22.2. The predicted octanol–water partition coefficient (Wildman–Crippen LogP) is 1.10. The van der Waals surface area contributed by atoms with Gasteiger partial charge >= 0.3 is 11.9 Å². The van der Waals surface area contributed by atoms with Crippen LogP contribution in [0.4, 0.5) is 4.39 Å². The quantitative estimate of drug-likeness (QED) is 0.802. The lowest BCUT2D eigenvalue weighted by Crippen LogP contribution is -2.30. The molecule has 1 heterocycles. The van der Waals surface area contributed by atoms with E-state index in [0.717, 1.165) is 22.5 Å². The summed E-state index contributed by atoms with van der Waals surface area (Å²) in [7, 11) is -4.08. The number of sulfonamides is 1. The Bertz CT molecular complexity index is 733. The van der Waals surface area contributed by atoms with Gasteiger partial charge in [0.1, 0.15) is 5.82 Å². The Balaban J connectivity index is 2.33. The Kier molecular flexibility index (Phi) is 5.00. The molecule has 2 rings (SSSR count). The molecular weight excluding hydrogens is 329 g/mol. The van der Waals surface area contributed by atoms with Gasteiger partial charge in [0.25, 0.3) is 0 Å². The number of nitrogens with zero attached hydrogens (tertiary/aromatic N) is 1. The molecule has 0 spiro atoms. The van der Waals surface area contributed by atoms with Crippen LogP contribution in [0.5, 0.6) is 0 Å². The van der Waals surface area contributed by atoms with Crippen LogP contribution in [0.15, 0.2) is 23.1 Å². The molecule has 1 unspecified atom stereocenters. The van der Waals surface area contributed by atoms with Crippen molar-refractivity contribution in [1.82, 2.24) is 4.31 Å². The van der Waals surface area contributed by atoms with Crippen LogP contribution in [-0.4, -0.2) is 49.5 Å². The number of carboxylic acids is 1. The van der Waals surface area contributed by atoms with Crippen molar-refractivity contribution >= 4 is 22.0 Å². The van der Waals surface area contributed by atoms with E-state index in [9.17, 15) is 22.4 Å². The molecule has 0 saturated carbocycles. The number of esters is 1. The number of carbonyl (C=O) groups excluding carboxylic acids is 1. The van der Waals surface area contributed by atoms with E-state index in [1.54, 1.807) is 6.92 Å². The maximum absolute atomic E-state index is 13.7. The van der Waals surface area contributed by atoms with E-state index < -0.39 is 38.6 Å². The summed E-state index contributed by atoms with van der Waals surface area (Å²) in [5.74, 6) is -3.58. The molecule has 1 fully saturated rings. The van der Waals surface area contributed by atoms with Crippen LogP contribution in [0.25, 0.3) is 0 Å². The first kappa shape index (κ1) is 17.4. The van der Waals surface area contributed by atoms with Crippen molar-refractivity contribution in [3.05, 3.63) is 29.6 Å². The monoisotopic (exact) mass is 345 g/mol. The van der Waals surface area contributed by atoms with Crippen molar-refractivity contribution in [2.24, 2.45) is 5.92 Å². The minimum atomic E-state index is -4.08. The van der Waals surface area contributed by atoms with Gasteiger partial charge in [0.05, 0.1) is 23.0 Å². The van der Waals surface area contributed by atoms with Crippen LogP contribution in [0.3, 0.4) is 0 Å². The number of ether oxygens (including phenoxy) is 1. The highest BCUT2D eigenvalue weighted by molar-refractivity contribution is 7.89. The zero-order chi connectivity index (χ0) is 17.2. The highest BCUT2D eigenvalue weighted by atomic mass is 32.2. The van der Waals surface area contributed by atoms with Crippen LogP contribution in [0, 0.1) is 11.7 Å². The molecule has 9 heteroatoms. The second-order valence-electron chi connectivity index (χ2n) is 5.08. The molecular formula is C14H16FNO6S. The first-order chi connectivity index (χ1) is 10.8. The lowest BCUT2D eigenvalue weighted by molar-refractivity contribution is -0.141. The largest absolute Gasteiger partial charge is 0.481 e. The summed E-state index contributed by atoms with van der Waals surface area (Å²) in [5.41, 5.74) is -0.209. The van der Waals surface area contributed by atoms with E-state index in [-0.39, 0.29) is 31.7 Å². The molecule has 1 atom stereocenters. The number of carbonyl (C=O) groups is 2. The second-order valence-corrected chi connectivity index (χ2v) is 7.02. The zero-order valence-electron chi connectivity index (χ0n) is 12.4. The van der Waals surface area contributed by atoms with E-state index in [1.807, 2.05) is 0 Å². The Morgan fingerprint density at radius 2 is 2.09 bits per heavy atom. The number of carboxylic acid groups (broad SMARTS) is 1. The number of halogens is 1. The molecule has 1 aromatic carbocycles. The van der Waals surface area contributed by atoms with Gasteiger partial charge < -0.3 is 9.84 Å². The van der Waals surface area contributed by atoms with Gasteiger partial charge in [-0.3, -0.25) is 4.79 Å². The smallest absolute Gasteiger partial charge is 0.338 e. The van der Waals surface area contributed by atoms with Crippen LogP contribution >= 0.6 is 0 Å². The molecule has 0 bridgehead atoms. The summed E-state index contributed by atoms with van der Waals surface area (Å²) in [6, 6.07) is 2.72. The molecule has 23 heavy (non-hydrogen) atoms. The molecule has 126 valence electrons. The lowest BCUT2D eigenvalue weighted by atomic mass is 10.1. The Hall–Kier alpha value is -2.00. The molecule has 0 amide bonds. The van der Waals surface area contributed by atoms with E-state index in [2.05, 4.69) is 0 Å². The van der Waals surface area contributed by atoms with Crippen molar-refractivity contribution < 1.29 is 32.2 Å². The first-order valence-corrected chi connectivity index (χ1v) is 8.40. The van der Waals surface area contributed by atoms with Gasteiger partial charge in [0.2, 0.25) is 10.0 Å². The molecule has 0 aromatic heterocycles. The molecule has 7 nitrogen and oxygen atoms in total. The van der Waals surface area contributed by atoms with Crippen LogP contribution < -0.4 is 0 Å². The van der Waals surface area contributed by atoms with Gasteiger partial charge in [-0.25, -0.2) is 17.6 Å². The highest BCUT2D eigenvalue weighted by Crippen LogP contribution is 2.26. The number of hydrogen-bond donors (Lipinski definition) is 1. The average molecular weight is 345 g/mol. The normalized spacial score (nSPS) is 18.8. The summed E-state index contributed by atoms with van der Waals surface area (Å²) < 4.78 is 44.4. The third-order valence-corrected chi connectivity index (χ3v) is 5.36. The highest BCUT2D eigenvalue weighted by Gasteiger charge is 2.36. The zero-order valence-corrected chi connectivity index (χ0v) is 13.2. The number of benzene rings is 1. The van der Waals surface area contributed by atoms with Crippen molar-refractivity contribution in [2.45, 2.75) is 18.2 Å². The summed E-state index contributed by atoms with van der Waals surface area (Å²) in [6.45, 7) is 1.50. The third-order valence-electron chi connectivity index (χ3n) is 3.52. The van der Waals surface area contributed by atoms with Gasteiger partial charge in [-0.15, -0.1) is 0 Å². The van der Waals surface area contributed by atoms with E-state index in [0.29, 0.717) is 0 Å². The SMILES string of the molecule is CCOC(=O)c1cc(F)cc(S(=O)(=O)N2CCC(C(=O)O)C2)c1. The summed E-state index contributed by atoms with van der Waals surface area (Å²) >= 11 is 0. The Morgan fingerprint density at radius 3 is 2.65 bits per heavy atom. The van der Waals surface area contributed by atoms with Gasteiger partial charge in [-0.05, 0) is 31.5 Å². The minimum Gasteiger partial charge on any atom is -0.481 e. The fourth-order valence-corrected chi connectivity index (χ4v) is 3.90. The standard InChI is InChI=1S/C14H16FNO6S/c1-2-22-14(19)10-5-11(15)7-12(6-10)23(20,21)16-4-3-9(8-16)13(17)18/h5-7,9H,2-4,8H2,1H3,(H,17,18). The van der Waals surface area contributed by atoms with Crippen LogP contribution in [-0.2, 0) is 19.6 Å². The molecule has 1 N–H and O–H groups in total. The fourth-order valence-electron chi connectivity index (χ4n) is 2.34. The Morgan fingerprint density at radius 1 is 1.39 bits per heavy atom. The fraction of sp³-hybridized carbons (Fsp3) is 0.429. The molecule has 1 saturated heterocycles. The van der Waals surface area contributed by atoms with Crippen molar-refractivity contribution in [2.75, 3.05) is 19.7 Å². The van der Waals surface area contributed by atoms with E-state index in [1.165, 1.54) is 0 Å². The number of aliphatic carboxylic acids is 1. The lowest BCUT2D eigenvalue weighted by Gasteiger charge is -2.16. The topological polar surface area (TPSA) is 101 Å². The van der Waals surface area contributed by atoms with Gasteiger partial charge in [0.15, 0.2) is 0 Å². The molecule has 0 aliphatic carbocycles. The predicted molar refractivity (Wildman–Crippen MR) is 76.9 cm³/mol. The molecule has 0 radical (unpaired) electrons. The van der Waals surface area contributed by atoms with Crippen LogP contribution in [0.1, 0.15) is 23.7 Å². The third kappa shape index (κ3) is 3.67. The van der Waals surface area contributed by atoms with Crippen molar-refractivity contribution in [3.8, 4) is 0 Å². The van der Waals surface area contributed by atoms with E-state index >= 15 is 0 Å². The number of rotatable bonds is 5. The Labute approximate surface area is 132 Å². The summed E-state index contributed by atoms with van der Waals surface area (Å²) in [6.07, 6.45) is 0.189. The number of hydrogen-bond acceptors (Lipinski definition) is 5. The summed E-state index contributed by atoms with van der Waals surface area (Å²) in [5, 5.41) is 8.94. The molecule has 1 aliphatic rings. The minimum absolute atomic E-state index is 0.0323. The maximum atomic E-state index is 13.7. The second kappa shape index (κ2) is 6.63.